The number of esters is 1. The lowest BCUT2D eigenvalue weighted by Crippen LogP contribution is -2.29. The van der Waals surface area contributed by atoms with Crippen molar-refractivity contribution in [2.24, 2.45) is 0 Å². The molecule has 138 valence electrons. The first-order valence-corrected chi connectivity index (χ1v) is 7.83. The number of anilines is 1. The van der Waals surface area contributed by atoms with E-state index < -0.39 is 34.6 Å². The van der Waals surface area contributed by atoms with Crippen molar-refractivity contribution in [3.8, 4) is 0 Å². The third-order valence-electron chi connectivity index (χ3n) is 3.11. The van der Waals surface area contributed by atoms with E-state index in [0.29, 0.717) is 11.3 Å². The van der Waals surface area contributed by atoms with Crippen LogP contribution < -0.4 is 5.32 Å². The van der Waals surface area contributed by atoms with Gasteiger partial charge in [-0.3, -0.25) is 14.9 Å². The first kappa shape index (κ1) is 19.4. The van der Waals surface area contributed by atoms with Gasteiger partial charge in [-0.05, 0) is 37.3 Å². The number of hydrogen-bond donors (Lipinski definition) is 1. The quantitative estimate of drug-likeness (QED) is 0.476. The van der Waals surface area contributed by atoms with Gasteiger partial charge in [0, 0.05) is 11.8 Å². The van der Waals surface area contributed by atoms with Gasteiger partial charge in [-0.2, -0.15) is 13.2 Å². The number of benzene rings is 1. The third kappa shape index (κ3) is 4.79. The highest BCUT2D eigenvalue weighted by Gasteiger charge is 2.30. The van der Waals surface area contributed by atoms with Crippen LogP contribution in [-0.4, -0.2) is 22.9 Å². The molecule has 0 spiro atoms. The van der Waals surface area contributed by atoms with Crippen molar-refractivity contribution < 1.29 is 32.4 Å². The van der Waals surface area contributed by atoms with Crippen LogP contribution in [0.5, 0.6) is 0 Å². The normalized spacial score (nSPS) is 12.3. The maximum atomic E-state index is 12.5. The molecule has 2 rings (SSSR count). The van der Waals surface area contributed by atoms with E-state index in [1.165, 1.54) is 13.0 Å². The number of nitrogens with one attached hydrogen (secondary N) is 1. The average molecular weight is 388 g/mol. The summed E-state index contributed by atoms with van der Waals surface area (Å²) in [6.45, 7) is 1.26. The molecule has 7 nitrogen and oxygen atoms in total. The molecule has 0 aliphatic carbocycles. The van der Waals surface area contributed by atoms with E-state index in [9.17, 15) is 32.9 Å². The second kappa shape index (κ2) is 7.52. The number of thiophene rings is 1. The minimum Gasteiger partial charge on any atom is -0.448 e. The molecule has 0 radical (unpaired) electrons. The zero-order valence-corrected chi connectivity index (χ0v) is 13.9. The Hall–Kier alpha value is -2.95. The van der Waals surface area contributed by atoms with Crippen LogP contribution in [0.1, 0.15) is 22.2 Å². The average Bonchev–Trinajstić information content (AvgIpc) is 3.04. The minimum atomic E-state index is -4.49. The number of nitro groups is 1. The Bertz CT molecular complexity index is 833. The Morgan fingerprint density at radius 2 is 1.81 bits per heavy atom. The molecular formula is C15H11F3N2O5S. The summed E-state index contributed by atoms with van der Waals surface area (Å²) < 4.78 is 42.3. The van der Waals surface area contributed by atoms with Gasteiger partial charge in [0.1, 0.15) is 4.88 Å². The number of ether oxygens (including phenoxy) is 1. The molecule has 1 amide bonds. The molecule has 0 saturated heterocycles. The Morgan fingerprint density at radius 1 is 1.19 bits per heavy atom. The third-order valence-corrected chi connectivity index (χ3v) is 4.12. The molecule has 1 heterocycles. The second-order valence-corrected chi connectivity index (χ2v) is 6.07. The number of alkyl halides is 3. The smallest absolute Gasteiger partial charge is 0.416 e. The molecule has 2 aromatic rings. The van der Waals surface area contributed by atoms with Crippen LogP contribution in [0, 0.1) is 10.1 Å². The van der Waals surface area contributed by atoms with Gasteiger partial charge in [0.25, 0.3) is 5.91 Å². The molecular weight excluding hydrogens is 377 g/mol. The minimum absolute atomic E-state index is 0.0501. The zero-order valence-electron chi connectivity index (χ0n) is 13.1. The van der Waals surface area contributed by atoms with Gasteiger partial charge in [0.05, 0.1) is 10.5 Å². The predicted molar refractivity (Wildman–Crippen MR) is 85.9 cm³/mol. The molecule has 1 N–H and O–H groups in total. The molecule has 1 aromatic heterocycles. The number of amides is 1. The van der Waals surface area contributed by atoms with Crippen molar-refractivity contribution in [1.29, 1.82) is 0 Å². The SMILES string of the molecule is CC(OC(=O)c1ccc([N+](=O)[O-])s1)C(=O)Nc1ccc(C(F)(F)F)cc1. The van der Waals surface area contributed by atoms with Crippen LogP contribution in [-0.2, 0) is 15.7 Å². The van der Waals surface area contributed by atoms with Crippen LogP contribution in [0.15, 0.2) is 36.4 Å². The lowest BCUT2D eigenvalue weighted by molar-refractivity contribution is -0.380. The topological polar surface area (TPSA) is 98.5 Å². The molecule has 0 saturated carbocycles. The Balaban J connectivity index is 1.96. The molecule has 0 fully saturated rings. The molecule has 1 unspecified atom stereocenters. The van der Waals surface area contributed by atoms with E-state index in [2.05, 4.69) is 5.32 Å². The van der Waals surface area contributed by atoms with E-state index in [0.717, 1.165) is 30.3 Å². The summed E-state index contributed by atoms with van der Waals surface area (Å²) in [5.41, 5.74) is -0.771. The van der Waals surface area contributed by atoms with Crippen molar-refractivity contribution in [3.63, 3.8) is 0 Å². The fourth-order valence-corrected chi connectivity index (χ4v) is 2.50. The fraction of sp³-hybridized carbons (Fsp3) is 0.200. The van der Waals surface area contributed by atoms with Gasteiger partial charge in [0.2, 0.25) is 0 Å². The largest absolute Gasteiger partial charge is 0.448 e. The molecule has 0 bridgehead atoms. The van der Waals surface area contributed by atoms with E-state index >= 15 is 0 Å². The molecule has 26 heavy (non-hydrogen) atoms. The van der Waals surface area contributed by atoms with Crippen molar-refractivity contribution >= 4 is 33.9 Å². The van der Waals surface area contributed by atoms with Crippen LogP contribution in [0.2, 0.25) is 0 Å². The van der Waals surface area contributed by atoms with Crippen LogP contribution in [0.3, 0.4) is 0 Å². The summed E-state index contributed by atoms with van der Waals surface area (Å²) in [5, 5.41) is 12.6. The number of rotatable bonds is 5. The lowest BCUT2D eigenvalue weighted by Gasteiger charge is -2.13. The van der Waals surface area contributed by atoms with Crippen LogP contribution in [0.4, 0.5) is 23.9 Å². The van der Waals surface area contributed by atoms with Gasteiger partial charge < -0.3 is 10.1 Å². The predicted octanol–water partition coefficient (Wildman–Crippen LogP) is 3.86. The standard InChI is InChI=1S/C15H11F3N2O5S/c1-8(25-14(22)11-6-7-12(26-11)20(23)24)13(21)19-10-4-2-9(3-5-10)15(16,17)18/h2-8H,1H3,(H,19,21). The van der Waals surface area contributed by atoms with E-state index in [1.807, 2.05) is 0 Å². The van der Waals surface area contributed by atoms with Crippen LogP contribution in [0.25, 0.3) is 0 Å². The highest BCUT2D eigenvalue weighted by molar-refractivity contribution is 7.17. The van der Waals surface area contributed by atoms with E-state index in [4.69, 9.17) is 4.74 Å². The molecule has 1 aromatic carbocycles. The zero-order chi connectivity index (χ0) is 19.5. The van der Waals surface area contributed by atoms with Crippen molar-refractivity contribution in [1.82, 2.24) is 0 Å². The summed E-state index contributed by atoms with van der Waals surface area (Å²) in [7, 11) is 0. The Kier molecular flexibility index (Phi) is 5.60. The number of carbonyl (C=O) groups is 2. The van der Waals surface area contributed by atoms with Gasteiger partial charge in [0.15, 0.2) is 6.10 Å². The maximum absolute atomic E-state index is 12.5. The van der Waals surface area contributed by atoms with E-state index in [-0.39, 0.29) is 15.6 Å². The highest BCUT2D eigenvalue weighted by atomic mass is 32.1. The van der Waals surface area contributed by atoms with Gasteiger partial charge >= 0.3 is 17.1 Å². The Labute approximate surface area is 148 Å². The first-order chi connectivity index (χ1) is 12.1. The summed E-state index contributed by atoms with van der Waals surface area (Å²) in [6.07, 6.45) is -5.75. The second-order valence-electron chi connectivity index (χ2n) is 5.01. The number of nitrogens with zero attached hydrogens (tertiary/aromatic N) is 1. The van der Waals surface area contributed by atoms with E-state index in [1.54, 1.807) is 0 Å². The maximum Gasteiger partial charge on any atom is 0.416 e. The van der Waals surface area contributed by atoms with Crippen molar-refractivity contribution in [2.45, 2.75) is 19.2 Å². The summed E-state index contributed by atoms with van der Waals surface area (Å²) >= 11 is 0.599. The van der Waals surface area contributed by atoms with Crippen LogP contribution >= 0.6 is 11.3 Å². The number of halogens is 3. The lowest BCUT2D eigenvalue weighted by atomic mass is 10.2. The van der Waals surface area contributed by atoms with Gasteiger partial charge in [-0.15, -0.1) is 0 Å². The molecule has 0 aliphatic rings. The van der Waals surface area contributed by atoms with Gasteiger partial charge in [-0.1, -0.05) is 11.3 Å². The summed E-state index contributed by atoms with van der Waals surface area (Å²) in [5.74, 6) is -1.68. The van der Waals surface area contributed by atoms with Crippen molar-refractivity contribution in [2.75, 3.05) is 5.32 Å². The van der Waals surface area contributed by atoms with Crippen molar-refractivity contribution in [3.05, 3.63) is 57.0 Å². The number of hydrogen-bond acceptors (Lipinski definition) is 6. The number of carbonyl (C=O) groups excluding carboxylic acids is 2. The molecule has 1 atom stereocenters. The summed E-state index contributed by atoms with van der Waals surface area (Å²) in [6, 6.07) is 6.07. The molecule has 0 aliphatic heterocycles. The molecule has 11 heteroatoms. The fourth-order valence-electron chi connectivity index (χ4n) is 1.79. The first-order valence-electron chi connectivity index (χ1n) is 7.01. The summed E-state index contributed by atoms with van der Waals surface area (Å²) in [4.78, 5) is 33.7. The Morgan fingerprint density at radius 3 is 2.31 bits per heavy atom. The van der Waals surface area contributed by atoms with Gasteiger partial charge in [-0.25, -0.2) is 4.79 Å². The monoisotopic (exact) mass is 388 g/mol. The highest BCUT2D eigenvalue weighted by Crippen LogP contribution is 2.30.